The van der Waals surface area contributed by atoms with Crippen molar-refractivity contribution in [2.24, 2.45) is 5.11 Å². The number of benzene rings is 3. The first-order valence-corrected chi connectivity index (χ1v) is 10.4. The van der Waals surface area contributed by atoms with Crippen LogP contribution in [0.2, 0.25) is 5.02 Å². The van der Waals surface area contributed by atoms with Gasteiger partial charge in [-0.15, -0.1) is 0 Å². The second-order valence-corrected chi connectivity index (χ2v) is 7.87. The molecule has 3 rings (SSSR count). The first-order chi connectivity index (χ1) is 15.5. The highest BCUT2D eigenvalue weighted by molar-refractivity contribution is 6.32. The fourth-order valence-corrected chi connectivity index (χ4v) is 3.43. The molecule has 3 aromatic carbocycles. The normalized spacial score (nSPS) is 11.2. The molecule has 0 aliphatic carbocycles. The molecule has 0 aliphatic rings. The van der Waals surface area contributed by atoms with Crippen molar-refractivity contribution in [3.63, 3.8) is 0 Å². The minimum Gasteiger partial charge on any atom is -0.298 e. The summed E-state index contributed by atoms with van der Waals surface area (Å²) in [4.78, 5) is 18.3. The Balaban J connectivity index is 1.86. The predicted octanol–water partition coefficient (Wildman–Crippen LogP) is 7.08. The highest BCUT2D eigenvalue weighted by atomic mass is 35.5. The Morgan fingerprint density at radius 1 is 1.06 bits per heavy atom. The maximum Gasteiger partial charge on any atom is 0.190 e. The number of rotatable bonds is 9. The third kappa shape index (κ3) is 6.43. The molecule has 0 saturated carbocycles. The topological polar surface area (TPSA) is 69.1 Å². The van der Waals surface area contributed by atoms with Crippen molar-refractivity contribution in [3.05, 3.63) is 123 Å². The molecule has 0 radical (unpaired) electrons. The van der Waals surface area contributed by atoms with E-state index < -0.39 is 0 Å². The van der Waals surface area contributed by atoms with E-state index in [0.717, 1.165) is 5.56 Å². The number of allylic oxidation sites excluding steroid dienone is 1. The third-order valence-corrected chi connectivity index (χ3v) is 5.09. The second kappa shape index (κ2) is 11.1. The average molecular weight is 443 g/mol. The fraction of sp³-hybridized carbons (Fsp3) is 0.115. The molecule has 0 unspecified atom stereocenters. The van der Waals surface area contributed by atoms with E-state index >= 15 is 0 Å². The summed E-state index contributed by atoms with van der Waals surface area (Å²) in [6.45, 7) is 5.21. The summed E-state index contributed by atoms with van der Waals surface area (Å²) in [6, 6.07) is 24.3. The van der Waals surface area contributed by atoms with Crippen molar-refractivity contribution in [2.45, 2.75) is 6.54 Å². The molecular weight excluding hydrogens is 420 g/mol. The van der Waals surface area contributed by atoms with Crippen LogP contribution in [0.1, 0.15) is 16.7 Å². The molecule has 0 bridgehead atoms. The van der Waals surface area contributed by atoms with Gasteiger partial charge in [0.05, 0.1) is 0 Å². The van der Waals surface area contributed by atoms with Crippen molar-refractivity contribution in [2.75, 3.05) is 13.6 Å². The zero-order valence-electron chi connectivity index (χ0n) is 17.8. The Morgan fingerprint density at radius 3 is 2.34 bits per heavy atom. The number of hydrogen-bond acceptors (Lipinski definition) is 3. The van der Waals surface area contributed by atoms with Gasteiger partial charge < -0.3 is 0 Å². The van der Waals surface area contributed by atoms with Crippen LogP contribution in [0.25, 0.3) is 22.1 Å². The minimum atomic E-state index is -0.142. The van der Waals surface area contributed by atoms with Gasteiger partial charge in [0.15, 0.2) is 5.78 Å². The third-order valence-electron chi connectivity index (χ3n) is 4.84. The lowest BCUT2D eigenvalue weighted by molar-refractivity contribution is -0.110. The van der Waals surface area contributed by atoms with E-state index in [2.05, 4.69) is 33.6 Å². The van der Waals surface area contributed by atoms with Crippen LogP contribution in [-0.2, 0) is 11.3 Å². The first kappa shape index (κ1) is 23.0. The molecule has 0 saturated heterocycles. The molecule has 0 fully saturated rings. The van der Waals surface area contributed by atoms with Crippen LogP contribution in [0.4, 0.5) is 5.69 Å². The van der Waals surface area contributed by atoms with Crippen molar-refractivity contribution < 1.29 is 4.79 Å². The highest BCUT2D eigenvalue weighted by Gasteiger charge is 2.17. The van der Waals surface area contributed by atoms with Gasteiger partial charge in [-0.2, -0.15) is 0 Å². The Kier molecular flexibility index (Phi) is 8.01. The molecular formula is C26H23ClN4O. The summed E-state index contributed by atoms with van der Waals surface area (Å²) in [5, 5.41) is 4.22. The van der Waals surface area contributed by atoms with E-state index in [-0.39, 0.29) is 5.78 Å². The number of azide groups is 1. The van der Waals surface area contributed by atoms with Crippen LogP contribution in [0.3, 0.4) is 0 Å². The number of likely N-dealkylation sites (N-methyl/N-ethyl adjacent to an activating group) is 1. The van der Waals surface area contributed by atoms with Gasteiger partial charge in [-0.05, 0) is 47.5 Å². The van der Waals surface area contributed by atoms with E-state index in [4.69, 9.17) is 17.1 Å². The number of ketones is 1. The summed E-state index contributed by atoms with van der Waals surface area (Å²) in [5.41, 5.74) is 12.8. The average Bonchev–Trinajstić information content (AvgIpc) is 2.79. The Hall–Kier alpha value is -3.63. The summed E-state index contributed by atoms with van der Waals surface area (Å²) in [7, 11) is 1.96. The Labute approximate surface area is 192 Å². The highest BCUT2D eigenvalue weighted by Crippen LogP contribution is 2.25. The fourth-order valence-electron chi connectivity index (χ4n) is 3.30. The van der Waals surface area contributed by atoms with E-state index in [0.29, 0.717) is 40.5 Å². The minimum absolute atomic E-state index is 0.142. The summed E-state index contributed by atoms with van der Waals surface area (Å²) < 4.78 is 0. The quantitative estimate of drug-likeness (QED) is 0.117. The standard InChI is InChI=1S/C26H23ClN4O/c1-19(17-31(2)18-21-6-4-3-5-7-21)26(32)25(16-20-8-12-23(27)13-9-20)22-10-14-24(15-11-22)29-30-28/h3-16H,1,17-18H2,2H3/b25-16+. The second-order valence-electron chi connectivity index (χ2n) is 7.44. The molecule has 0 amide bonds. The van der Waals surface area contributed by atoms with Gasteiger partial charge in [-0.25, -0.2) is 0 Å². The largest absolute Gasteiger partial charge is 0.298 e. The zero-order valence-corrected chi connectivity index (χ0v) is 18.5. The number of nitrogens with zero attached hydrogens (tertiary/aromatic N) is 4. The molecule has 0 N–H and O–H groups in total. The van der Waals surface area contributed by atoms with Gasteiger partial charge >= 0.3 is 0 Å². The zero-order chi connectivity index (χ0) is 22.9. The lowest BCUT2D eigenvalue weighted by atomic mass is 9.94. The van der Waals surface area contributed by atoms with Crippen molar-refractivity contribution in [3.8, 4) is 0 Å². The van der Waals surface area contributed by atoms with Crippen LogP contribution in [0.5, 0.6) is 0 Å². The summed E-state index contributed by atoms with van der Waals surface area (Å²) in [6.07, 6.45) is 1.82. The summed E-state index contributed by atoms with van der Waals surface area (Å²) >= 11 is 6.00. The van der Waals surface area contributed by atoms with Crippen molar-refractivity contribution >= 4 is 34.7 Å². The van der Waals surface area contributed by atoms with Crippen LogP contribution in [0.15, 0.2) is 96.1 Å². The molecule has 160 valence electrons. The van der Waals surface area contributed by atoms with E-state index in [1.54, 1.807) is 36.4 Å². The maximum atomic E-state index is 13.4. The van der Waals surface area contributed by atoms with E-state index in [1.165, 1.54) is 5.56 Å². The summed E-state index contributed by atoms with van der Waals surface area (Å²) in [5.74, 6) is -0.142. The Bertz CT molecular complexity index is 1160. The number of carbonyl (C=O) groups excluding carboxylic acids is 1. The van der Waals surface area contributed by atoms with Crippen molar-refractivity contribution in [1.82, 2.24) is 4.90 Å². The molecule has 0 aliphatic heterocycles. The lowest BCUT2D eigenvalue weighted by Crippen LogP contribution is -2.23. The van der Waals surface area contributed by atoms with Gasteiger partial charge in [0, 0.05) is 39.9 Å². The molecule has 0 aromatic heterocycles. The van der Waals surface area contributed by atoms with Gasteiger partial charge in [-0.1, -0.05) is 90.0 Å². The molecule has 3 aromatic rings. The molecule has 5 nitrogen and oxygen atoms in total. The van der Waals surface area contributed by atoms with Crippen LogP contribution in [-0.4, -0.2) is 24.3 Å². The molecule has 0 atom stereocenters. The smallest absolute Gasteiger partial charge is 0.190 e. The molecule has 6 heteroatoms. The van der Waals surface area contributed by atoms with Gasteiger partial charge in [0.2, 0.25) is 0 Å². The van der Waals surface area contributed by atoms with Crippen LogP contribution < -0.4 is 0 Å². The number of hydrogen-bond donors (Lipinski definition) is 0. The SMILES string of the molecule is C=C(CN(C)Cc1ccccc1)C(=O)/C(=C/c1ccc(Cl)cc1)c1ccc(N=[N+]=[N-])cc1. The number of halogens is 1. The van der Waals surface area contributed by atoms with Crippen molar-refractivity contribution in [1.29, 1.82) is 0 Å². The number of carbonyl (C=O) groups is 1. The Morgan fingerprint density at radius 2 is 1.72 bits per heavy atom. The van der Waals surface area contributed by atoms with Crippen LogP contribution in [0, 0.1) is 0 Å². The van der Waals surface area contributed by atoms with Gasteiger partial charge in [0.25, 0.3) is 0 Å². The van der Waals surface area contributed by atoms with Crippen LogP contribution >= 0.6 is 11.6 Å². The maximum absolute atomic E-state index is 13.4. The van der Waals surface area contributed by atoms with Gasteiger partial charge in [0.1, 0.15) is 0 Å². The molecule has 0 heterocycles. The van der Waals surface area contributed by atoms with E-state index in [1.807, 2.05) is 43.5 Å². The first-order valence-electron chi connectivity index (χ1n) is 10.0. The monoisotopic (exact) mass is 442 g/mol. The van der Waals surface area contributed by atoms with E-state index in [9.17, 15) is 4.79 Å². The number of Topliss-reactive ketones (excluding diaryl/α,β-unsaturated/α-hetero) is 1. The predicted molar refractivity (Wildman–Crippen MR) is 131 cm³/mol. The molecule has 0 spiro atoms. The lowest BCUT2D eigenvalue weighted by Gasteiger charge is -2.18. The van der Waals surface area contributed by atoms with Gasteiger partial charge in [-0.3, -0.25) is 9.69 Å². The molecule has 32 heavy (non-hydrogen) atoms.